The molecule has 0 radical (unpaired) electrons. The van der Waals surface area contributed by atoms with Crippen LogP contribution >= 0.6 is 34.8 Å². The molecule has 0 saturated carbocycles. The van der Waals surface area contributed by atoms with Gasteiger partial charge in [-0.3, -0.25) is 0 Å². The minimum absolute atomic E-state index is 0.481. The van der Waals surface area contributed by atoms with E-state index in [1.807, 2.05) is 0 Å². The lowest BCUT2D eigenvalue weighted by Crippen LogP contribution is -2.17. The Balaban J connectivity index is 1.88. The molecule has 1 aromatic heterocycles. The lowest BCUT2D eigenvalue weighted by atomic mass is 10.2. The van der Waals surface area contributed by atoms with Crippen molar-refractivity contribution < 1.29 is 4.52 Å². The average molecular weight is 307 g/mol. The van der Waals surface area contributed by atoms with Gasteiger partial charge in [0.2, 0.25) is 5.89 Å². The Morgan fingerprint density at radius 1 is 1.17 bits per heavy atom. The Bertz CT molecular complexity index is 517. The summed E-state index contributed by atoms with van der Waals surface area (Å²) in [6.07, 6.45) is 2.02. The summed E-state index contributed by atoms with van der Waals surface area (Å²) in [4.78, 5) is 3.92. The predicted octanol–water partition coefficient (Wildman–Crippen LogP) is 3.36. The van der Waals surface area contributed by atoms with Crippen LogP contribution in [-0.2, 0) is 13.0 Å². The summed E-state index contributed by atoms with van der Waals surface area (Å²) in [6.45, 7) is 1.22. The van der Waals surface area contributed by atoms with Gasteiger partial charge in [0, 0.05) is 30.1 Å². The maximum absolute atomic E-state index is 6.08. The van der Waals surface area contributed by atoms with E-state index < -0.39 is 0 Å². The zero-order chi connectivity index (χ0) is 13.0. The van der Waals surface area contributed by atoms with Crippen LogP contribution in [0.15, 0.2) is 23.0 Å². The van der Waals surface area contributed by atoms with E-state index in [0.717, 1.165) is 5.56 Å². The largest absolute Gasteiger partial charge is 0.340 e. The number of nitrogens with one attached hydrogen (secondary N) is 1. The highest BCUT2D eigenvalue weighted by molar-refractivity contribution is 6.44. The summed E-state index contributed by atoms with van der Waals surface area (Å²) < 4.78 is 4.88. The van der Waals surface area contributed by atoms with Gasteiger partial charge in [-0.25, -0.2) is 0 Å². The summed E-state index contributed by atoms with van der Waals surface area (Å²) in [7, 11) is 0. The van der Waals surface area contributed by atoms with Crippen molar-refractivity contribution in [2.24, 2.45) is 0 Å². The molecule has 0 fully saturated rings. The van der Waals surface area contributed by atoms with Crippen LogP contribution in [0.2, 0.25) is 15.1 Å². The number of aromatic nitrogens is 2. The van der Waals surface area contributed by atoms with Crippen molar-refractivity contribution in [3.63, 3.8) is 0 Å². The van der Waals surface area contributed by atoms with Gasteiger partial charge in [0.15, 0.2) is 6.33 Å². The molecule has 1 aromatic carbocycles. The fraction of sp³-hybridized carbons (Fsp3) is 0.273. The van der Waals surface area contributed by atoms with Gasteiger partial charge < -0.3 is 9.84 Å². The molecule has 2 aromatic rings. The van der Waals surface area contributed by atoms with E-state index in [2.05, 4.69) is 15.5 Å². The zero-order valence-electron chi connectivity index (χ0n) is 9.29. The van der Waals surface area contributed by atoms with Gasteiger partial charge >= 0.3 is 0 Å². The molecule has 0 unspecified atom stereocenters. The highest BCUT2D eigenvalue weighted by Crippen LogP contribution is 2.31. The first-order valence-corrected chi connectivity index (χ1v) is 6.40. The minimum Gasteiger partial charge on any atom is -0.340 e. The van der Waals surface area contributed by atoms with Gasteiger partial charge in [0.1, 0.15) is 0 Å². The molecule has 18 heavy (non-hydrogen) atoms. The Morgan fingerprint density at radius 3 is 2.67 bits per heavy atom. The summed E-state index contributed by atoms with van der Waals surface area (Å²) in [5.74, 6) is 0.589. The van der Waals surface area contributed by atoms with Crippen LogP contribution in [0.5, 0.6) is 0 Å². The van der Waals surface area contributed by atoms with E-state index >= 15 is 0 Å². The molecular weight excluding hydrogens is 296 g/mol. The Kier molecular flexibility index (Phi) is 4.83. The lowest BCUT2D eigenvalue weighted by molar-refractivity contribution is 0.375. The molecule has 0 amide bonds. The number of hydrogen-bond acceptors (Lipinski definition) is 4. The second-order valence-electron chi connectivity index (χ2n) is 3.58. The van der Waals surface area contributed by atoms with Crippen LogP contribution in [-0.4, -0.2) is 16.7 Å². The van der Waals surface area contributed by atoms with Crippen LogP contribution in [0.25, 0.3) is 0 Å². The molecule has 0 atom stereocenters. The molecule has 1 N–H and O–H groups in total. The normalized spacial score (nSPS) is 10.8. The number of benzene rings is 1. The lowest BCUT2D eigenvalue weighted by Gasteiger charge is -2.09. The van der Waals surface area contributed by atoms with E-state index in [1.54, 1.807) is 12.1 Å². The molecule has 0 aliphatic rings. The van der Waals surface area contributed by atoms with Gasteiger partial charge in [0.25, 0.3) is 0 Å². The smallest absolute Gasteiger partial charge is 0.227 e. The Hall–Kier alpha value is -0.810. The van der Waals surface area contributed by atoms with Crippen molar-refractivity contribution >= 4 is 34.8 Å². The molecule has 0 bridgehead atoms. The zero-order valence-corrected chi connectivity index (χ0v) is 11.6. The first-order chi connectivity index (χ1) is 8.68. The SMILES string of the molecule is Clc1ccc(Cl)c(CNCCc2ncno2)c1Cl. The van der Waals surface area contributed by atoms with E-state index in [1.165, 1.54) is 6.33 Å². The van der Waals surface area contributed by atoms with Gasteiger partial charge in [-0.05, 0) is 12.1 Å². The first kappa shape index (κ1) is 13.6. The average Bonchev–Trinajstić information content (AvgIpc) is 2.86. The third kappa shape index (κ3) is 3.36. The molecular formula is C11H10Cl3N3O. The first-order valence-electron chi connectivity index (χ1n) is 5.27. The fourth-order valence-electron chi connectivity index (χ4n) is 1.45. The third-order valence-electron chi connectivity index (χ3n) is 2.36. The number of hydrogen-bond donors (Lipinski definition) is 1. The molecule has 4 nitrogen and oxygen atoms in total. The van der Waals surface area contributed by atoms with E-state index in [9.17, 15) is 0 Å². The topological polar surface area (TPSA) is 51.0 Å². The molecule has 0 aliphatic carbocycles. The van der Waals surface area contributed by atoms with Gasteiger partial charge in [-0.15, -0.1) is 0 Å². The van der Waals surface area contributed by atoms with Crippen molar-refractivity contribution in [2.75, 3.05) is 6.54 Å². The molecule has 1 heterocycles. The fourth-order valence-corrected chi connectivity index (χ4v) is 2.13. The van der Waals surface area contributed by atoms with E-state index in [0.29, 0.717) is 40.5 Å². The standard InChI is InChI=1S/C11H10Cl3N3O/c12-8-1-2-9(13)11(14)7(8)5-15-4-3-10-16-6-17-18-10/h1-2,6,15H,3-5H2. The molecule has 7 heteroatoms. The van der Waals surface area contributed by atoms with Crippen LogP contribution in [0, 0.1) is 0 Å². The summed E-state index contributed by atoms with van der Waals surface area (Å²) in [5, 5.41) is 8.29. The Morgan fingerprint density at radius 2 is 1.94 bits per heavy atom. The monoisotopic (exact) mass is 305 g/mol. The summed E-state index contributed by atoms with van der Waals surface area (Å²) in [5.41, 5.74) is 0.788. The van der Waals surface area contributed by atoms with Gasteiger partial charge in [-0.2, -0.15) is 4.98 Å². The van der Waals surface area contributed by atoms with Crippen molar-refractivity contribution in [1.29, 1.82) is 0 Å². The van der Waals surface area contributed by atoms with Crippen LogP contribution in [0.4, 0.5) is 0 Å². The molecule has 0 spiro atoms. The van der Waals surface area contributed by atoms with Crippen LogP contribution in [0.3, 0.4) is 0 Å². The van der Waals surface area contributed by atoms with E-state index in [-0.39, 0.29) is 0 Å². The van der Waals surface area contributed by atoms with Gasteiger partial charge in [0.05, 0.1) is 10.0 Å². The van der Waals surface area contributed by atoms with Crippen LogP contribution in [0.1, 0.15) is 11.5 Å². The molecule has 96 valence electrons. The summed E-state index contributed by atoms with van der Waals surface area (Å²) in [6, 6.07) is 3.40. The third-order valence-corrected chi connectivity index (χ3v) is 3.56. The molecule has 0 aliphatic heterocycles. The van der Waals surface area contributed by atoms with Crippen molar-refractivity contribution in [2.45, 2.75) is 13.0 Å². The van der Waals surface area contributed by atoms with Crippen LogP contribution < -0.4 is 5.32 Å². The maximum Gasteiger partial charge on any atom is 0.227 e. The number of nitrogens with zero attached hydrogens (tertiary/aromatic N) is 2. The quantitative estimate of drug-likeness (QED) is 0.680. The summed E-state index contributed by atoms with van der Waals surface area (Å²) >= 11 is 18.1. The predicted molar refractivity (Wildman–Crippen MR) is 71.2 cm³/mol. The number of halogens is 3. The van der Waals surface area contributed by atoms with E-state index in [4.69, 9.17) is 39.3 Å². The second-order valence-corrected chi connectivity index (χ2v) is 4.78. The van der Waals surface area contributed by atoms with Crippen molar-refractivity contribution in [3.8, 4) is 0 Å². The van der Waals surface area contributed by atoms with Crippen molar-refractivity contribution in [3.05, 3.63) is 45.0 Å². The highest BCUT2D eigenvalue weighted by Gasteiger charge is 2.09. The second kappa shape index (κ2) is 6.38. The molecule has 2 rings (SSSR count). The highest BCUT2D eigenvalue weighted by atomic mass is 35.5. The molecule has 0 saturated heterocycles. The number of rotatable bonds is 5. The minimum atomic E-state index is 0.481. The van der Waals surface area contributed by atoms with Crippen molar-refractivity contribution in [1.82, 2.24) is 15.5 Å². The maximum atomic E-state index is 6.08. The Labute approximate surface area is 119 Å². The van der Waals surface area contributed by atoms with Gasteiger partial charge in [-0.1, -0.05) is 40.0 Å².